The molecule has 1 fully saturated rings. The molecule has 0 radical (unpaired) electrons. The van der Waals surface area contributed by atoms with Gasteiger partial charge in [-0.15, -0.1) is 11.8 Å². The Kier molecular flexibility index (Phi) is 4.90. The second-order valence-electron chi connectivity index (χ2n) is 5.04. The van der Waals surface area contributed by atoms with Gasteiger partial charge in [0.25, 0.3) is 0 Å². The van der Waals surface area contributed by atoms with Gasteiger partial charge in [0.2, 0.25) is 0 Å². The summed E-state index contributed by atoms with van der Waals surface area (Å²) in [4.78, 5) is 14.4. The fourth-order valence-electron chi connectivity index (χ4n) is 2.34. The molecule has 5 heteroatoms. The van der Waals surface area contributed by atoms with E-state index in [0.29, 0.717) is 19.7 Å². The van der Waals surface area contributed by atoms with Crippen LogP contribution in [0.25, 0.3) is 0 Å². The number of halogens is 1. The summed E-state index contributed by atoms with van der Waals surface area (Å²) in [6, 6.07) is 16.1. The Balaban J connectivity index is 1.76. The fraction of sp³-hybridized carbons (Fsp3) is 0.235. The zero-order valence-electron chi connectivity index (χ0n) is 12.0. The van der Waals surface area contributed by atoms with Crippen molar-refractivity contribution in [3.8, 4) is 0 Å². The fourth-order valence-corrected chi connectivity index (χ4v) is 3.73. The zero-order valence-corrected chi connectivity index (χ0v) is 13.6. The van der Waals surface area contributed by atoms with Crippen molar-refractivity contribution in [3.05, 3.63) is 64.7 Å². The molecule has 0 N–H and O–H groups in total. The summed E-state index contributed by atoms with van der Waals surface area (Å²) >= 11 is 8.06. The normalized spacial score (nSPS) is 14.2. The highest BCUT2D eigenvalue weighted by Gasteiger charge is 2.23. The quantitative estimate of drug-likeness (QED) is 0.750. The number of amides is 1. The van der Waals surface area contributed by atoms with Crippen LogP contribution in [-0.2, 0) is 17.0 Å². The van der Waals surface area contributed by atoms with Gasteiger partial charge in [0, 0.05) is 10.6 Å². The molecule has 0 atom stereocenters. The van der Waals surface area contributed by atoms with Crippen LogP contribution in [0, 0.1) is 0 Å². The average molecular weight is 334 g/mol. The maximum absolute atomic E-state index is 11.6. The molecular formula is C17H16ClNO2S. The minimum absolute atomic E-state index is 0.251. The number of cyclic esters (lactones) is 1. The molecular weight excluding hydrogens is 318 g/mol. The molecule has 3 rings (SSSR count). The van der Waals surface area contributed by atoms with Crippen LogP contribution in [-0.4, -0.2) is 24.1 Å². The van der Waals surface area contributed by atoms with E-state index in [1.54, 1.807) is 16.7 Å². The monoisotopic (exact) mass is 333 g/mol. The number of carbonyl (C=O) groups is 1. The smallest absolute Gasteiger partial charge is 0.410 e. The maximum Gasteiger partial charge on any atom is 0.410 e. The SMILES string of the molecule is O=C1OCCN1Cc1cccc(Cl)c1SCc1ccccc1. The number of nitrogens with zero attached hydrogens (tertiary/aromatic N) is 1. The molecule has 1 aliphatic heterocycles. The molecule has 0 bridgehead atoms. The highest BCUT2D eigenvalue weighted by Crippen LogP contribution is 2.34. The Labute approximate surface area is 139 Å². The highest BCUT2D eigenvalue weighted by atomic mass is 35.5. The summed E-state index contributed by atoms with van der Waals surface area (Å²) in [5.74, 6) is 0.849. The number of hydrogen-bond acceptors (Lipinski definition) is 3. The molecule has 1 aliphatic rings. The van der Waals surface area contributed by atoms with Crippen LogP contribution in [0.2, 0.25) is 5.02 Å². The van der Waals surface area contributed by atoms with Crippen molar-refractivity contribution in [2.45, 2.75) is 17.2 Å². The van der Waals surface area contributed by atoms with Gasteiger partial charge in [-0.2, -0.15) is 0 Å². The van der Waals surface area contributed by atoms with E-state index >= 15 is 0 Å². The summed E-state index contributed by atoms with van der Waals surface area (Å²) in [5, 5.41) is 0.728. The third-order valence-electron chi connectivity index (χ3n) is 3.48. The Morgan fingerprint density at radius 3 is 2.68 bits per heavy atom. The molecule has 0 spiro atoms. The van der Waals surface area contributed by atoms with Crippen LogP contribution in [0.1, 0.15) is 11.1 Å². The second-order valence-corrected chi connectivity index (χ2v) is 6.43. The first-order valence-corrected chi connectivity index (χ1v) is 8.46. The van der Waals surface area contributed by atoms with Crippen LogP contribution < -0.4 is 0 Å². The summed E-state index contributed by atoms with van der Waals surface area (Å²) in [5.41, 5.74) is 2.31. The Hall–Kier alpha value is -1.65. The predicted molar refractivity (Wildman–Crippen MR) is 89.2 cm³/mol. The molecule has 3 nitrogen and oxygen atoms in total. The Morgan fingerprint density at radius 1 is 1.14 bits per heavy atom. The van der Waals surface area contributed by atoms with Crippen LogP contribution in [0.4, 0.5) is 4.79 Å². The van der Waals surface area contributed by atoms with Crippen molar-refractivity contribution >= 4 is 29.5 Å². The number of benzene rings is 2. The van der Waals surface area contributed by atoms with Gasteiger partial charge in [0.15, 0.2) is 0 Å². The number of hydrogen-bond donors (Lipinski definition) is 0. The van der Waals surface area contributed by atoms with Gasteiger partial charge in [0.1, 0.15) is 6.61 Å². The first kappa shape index (κ1) is 15.3. The molecule has 0 saturated carbocycles. The van der Waals surface area contributed by atoms with Gasteiger partial charge in [-0.05, 0) is 17.2 Å². The number of carbonyl (C=O) groups excluding carboxylic acids is 1. The van der Waals surface area contributed by atoms with Crippen molar-refractivity contribution in [1.82, 2.24) is 4.90 Å². The van der Waals surface area contributed by atoms with E-state index in [4.69, 9.17) is 16.3 Å². The van der Waals surface area contributed by atoms with Crippen molar-refractivity contribution < 1.29 is 9.53 Å². The summed E-state index contributed by atoms with van der Waals surface area (Å²) < 4.78 is 4.98. The van der Waals surface area contributed by atoms with Crippen LogP contribution in [0.3, 0.4) is 0 Å². The van der Waals surface area contributed by atoms with Gasteiger partial charge < -0.3 is 9.64 Å². The van der Waals surface area contributed by atoms with Gasteiger partial charge in [0.05, 0.1) is 18.1 Å². The summed E-state index contributed by atoms with van der Waals surface area (Å²) in [6.07, 6.45) is -0.251. The van der Waals surface area contributed by atoms with Gasteiger partial charge in [-0.3, -0.25) is 0 Å². The summed E-state index contributed by atoms with van der Waals surface area (Å²) in [7, 11) is 0. The topological polar surface area (TPSA) is 29.5 Å². The number of thioether (sulfide) groups is 1. The molecule has 1 heterocycles. The lowest BCUT2D eigenvalue weighted by Crippen LogP contribution is -2.23. The van der Waals surface area contributed by atoms with E-state index in [1.165, 1.54) is 5.56 Å². The molecule has 1 amide bonds. The lowest BCUT2D eigenvalue weighted by molar-refractivity contribution is 0.157. The lowest BCUT2D eigenvalue weighted by atomic mass is 10.2. The molecule has 1 saturated heterocycles. The van der Waals surface area contributed by atoms with Gasteiger partial charge in [-0.25, -0.2) is 4.79 Å². The average Bonchev–Trinajstić information content (AvgIpc) is 2.93. The number of rotatable bonds is 5. The van der Waals surface area contributed by atoms with Gasteiger partial charge in [-0.1, -0.05) is 54.1 Å². The molecule has 2 aromatic rings. The van der Waals surface area contributed by atoms with E-state index in [0.717, 1.165) is 21.2 Å². The maximum atomic E-state index is 11.6. The van der Waals surface area contributed by atoms with E-state index in [9.17, 15) is 4.79 Å². The molecule has 2 aromatic carbocycles. The standard InChI is InChI=1S/C17H16ClNO2S/c18-15-8-4-7-14(11-19-9-10-21-17(19)20)16(15)22-12-13-5-2-1-3-6-13/h1-8H,9-12H2. The van der Waals surface area contributed by atoms with Crippen molar-refractivity contribution in [1.29, 1.82) is 0 Å². The molecule has 114 valence electrons. The predicted octanol–water partition coefficient (Wildman–Crippen LogP) is 4.58. The van der Waals surface area contributed by atoms with E-state index < -0.39 is 0 Å². The van der Waals surface area contributed by atoms with E-state index in [2.05, 4.69) is 12.1 Å². The largest absolute Gasteiger partial charge is 0.448 e. The third kappa shape index (κ3) is 3.57. The Bertz CT molecular complexity index is 663. The molecule has 0 unspecified atom stereocenters. The van der Waals surface area contributed by atoms with Gasteiger partial charge >= 0.3 is 6.09 Å². The van der Waals surface area contributed by atoms with E-state index in [-0.39, 0.29) is 6.09 Å². The van der Waals surface area contributed by atoms with Crippen molar-refractivity contribution in [3.63, 3.8) is 0 Å². The second kappa shape index (κ2) is 7.07. The molecule has 22 heavy (non-hydrogen) atoms. The highest BCUT2D eigenvalue weighted by molar-refractivity contribution is 7.98. The lowest BCUT2D eigenvalue weighted by Gasteiger charge is -2.16. The Morgan fingerprint density at radius 2 is 1.95 bits per heavy atom. The molecule has 0 aromatic heterocycles. The van der Waals surface area contributed by atoms with Crippen molar-refractivity contribution in [2.75, 3.05) is 13.2 Å². The minimum Gasteiger partial charge on any atom is -0.448 e. The van der Waals surface area contributed by atoms with Crippen LogP contribution >= 0.6 is 23.4 Å². The van der Waals surface area contributed by atoms with Crippen molar-refractivity contribution in [2.24, 2.45) is 0 Å². The first-order chi connectivity index (χ1) is 10.7. The third-order valence-corrected chi connectivity index (χ3v) is 5.16. The minimum atomic E-state index is -0.251. The summed E-state index contributed by atoms with van der Waals surface area (Å²) in [6.45, 7) is 1.64. The number of ether oxygens (including phenoxy) is 1. The zero-order chi connectivity index (χ0) is 15.4. The van der Waals surface area contributed by atoms with Crippen LogP contribution in [0.15, 0.2) is 53.4 Å². The van der Waals surface area contributed by atoms with E-state index in [1.807, 2.05) is 36.4 Å². The first-order valence-electron chi connectivity index (χ1n) is 7.10. The molecule has 0 aliphatic carbocycles. The van der Waals surface area contributed by atoms with Crippen LogP contribution in [0.5, 0.6) is 0 Å².